The molecule has 1 aromatic heterocycles. The topological polar surface area (TPSA) is 49.4 Å². The predicted octanol–water partition coefficient (Wildman–Crippen LogP) is 4.66. The van der Waals surface area contributed by atoms with Gasteiger partial charge in [-0.25, -0.2) is 4.98 Å². The van der Waals surface area contributed by atoms with Crippen LogP contribution in [-0.4, -0.2) is 54.1 Å². The number of aryl methyl sites for hydroxylation is 1. The third-order valence-electron chi connectivity index (χ3n) is 6.76. The lowest BCUT2D eigenvalue weighted by molar-refractivity contribution is -0.133. The summed E-state index contributed by atoms with van der Waals surface area (Å²) in [5.74, 6) is 0.968. The number of ether oxygens (including phenoxy) is 1. The Morgan fingerprint density at radius 1 is 1.03 bits per heavy atom. The van der Waals surface area contributed by atoms with Gasteiger partial charge in [0.15, 0.2) is 0 Å². The van der Waals surface area contributed by atoms with Gasteiger partial charge in [0.25, 0.3) is 0 Å². The quantitative estimate of drug-likeness (QED) is 0.698. The number of hydrogen-bond acceptors (Lipinski definition) is 5. The fourth-order valence-electron chi connectivity index (χ4n) is 5.86. The van der Waals surface area contributed by atoms with Crippen LogP contribution in [0.1, 0.15) is 59.1 Å². The van der Waals surface area contributed by atoms with Gasteiger partial charge < -0.3 is 20.3 Å². The van der Waals surface area contributed by atoms with Crippen LogP contribution in [-0.2, 0) is 4.74 Å². The first-order chi connectivity index (χ1) is 14.2. The standard InChI is InChI=1S/C23H35F3N4O/c1-15-18(6-7-19(28-15)30-13-20(2,3)31-21(4,5)14-30)29-17-10-22(11-17)8-16(9-22)27-12-23(24,25)26/h6-7,16-17,27,29H,8-14H2,1-5H3. The number of aromatic nitrogens is 1. The van der Waals surface area contributed by atoms with E-state index in [4.69, 9.17) is 9.72 Å². The largest absolute Gasteiger partial charge is 0.401 e. The van der Waals surface area contributed by atoms with E-state index in [0.29, 0.717) is 6.04 Å². The molecule has 0 unspecified atom stereocenters. The number of rotatable bonds is 5. The summed E-state index contributed by atoms with van der Waals surface area (Å²) < 4.78 is 43.2. The number of morpholine rings is 1. The zero-order chi connectivity index (χ0) is 22.7. The van der Waals surface area contributed by atoms with Gasteiger partial charge in [0.05, 0.1) is 29.1 Å². The highest BCUT2D eigenvalue weighted by Gasteiger charge is 2.53. The molecule has 1 saturated heterocycles. The Balaban J connectivity index is 1.29. The van der Waals surface area contributed by atoms with Gasteiger partial charge in [0, 0.05) is 25.2 Å². The van der Waals surface area contributed by atoms with Gasteiger partial charge in [-0.2, -0.15) is 13.2 Å². The molecule has 1 spiro atoms. The number of nitrogens with one attached hydrogen (secondary N) is 2. The summed E-state index contributed by atoms with van der Waals surface area (Å²) in [6, 6.07) is 4.55. The number of halogens is 3. The van der Waals surface area contributed by atoms with Crippen molar-refractivity contribution in [3.8, 4) is 0 Å². The monoisotopic (exact) mass is 440 g/mol. The molecule has 2 heterocycles. The van der Waals surface area contributed by atoms with Crippen molar-refractivity contribution in [2.75, 3.05) is 29.9 Å². The van der Waals surface area contributed by atoms with Gasteiger partial charge >= 0.3 is 6.18 Å². The number of pyridine rings is 1. The molecule has 0 atom stereocenters. The lowest BCUT2D eigenvalue weighted by atomic mass is 9.52. The second-order valence-corrected chi connectivity index (χ2v) is 11.1. The van der Waals surface area contributed by atoms with Crippen LogP contribution in [0, 0.1) is 12.3 Å². The van der Waals surface area contributed by atoms with Crippen LogP contribution >= 0.6 is 0 Å². The molecular formula is C23H35F3N4O. The lowest BCUT2D eigenvalue weighted by Gasteiger charge is -2.58. The number of hydrogen-bond donors (Lipinski definition) is 2. The van der Waals surface area contributed by atoms with Crippen molar-refractivity contribution in [2.24, 2.45) is 5.41 Å². The average Bonchev–Trinajstić information content (AvgIpc) is 2.52. The summed E-state index contributed by atoms with van der Waals surface area (Å²) in [5.41, 5.74) is 1.78. The second-order valence-electron chi connectivity index (χ2n) is 11.1. The molecule has 1 aromatic rings. The van der Waals surface area contributed by atoms with E-state index in [1.807, 2.05) is 6.92 Å². The van der Waals surface area contributed by atoms with Gasteiger partial charge in [-0.15, -0.1) is 0 Å². The molecule has 2 saturated carbocycles. The van der Waals surface area contributed by atoms with E-state index >= 15 is 0 Å². The molecule has 2 aliphatic carbocycles. The minimum atomic E-state index is -4.13. The highest BCUT2D eigenvalue weighted by atomic mass is 19.4. The maximum Gasteiger partial charge on any atom is 0.401 e. The lowest BCUT2D eigenvalue weighted by Crippen LogP contribution is -2.59. The molecule has 3 fully saturated rings. The first-order valence-electron chi connectivity index (χ1n) is 11.2. The van der Waals surface area contributed by atoms with E-state index in [2.05, 4.69) is 55.4 Å². The summed E-state index contributed by atoms with van der Waals surface area (Å²) >= 11 is 0. The molecular weight excluding hydrogens is 405 g/mol. The van der Waals surface area contributed by atoms with E-state index in [-0.39, 0.29) is 22.7 Å². The summed E-state index contributed by atoms with van der Waals surface area (Å²) in [4.78, 5) is 7.15. The molecule has 0 radical (unpaired) electrons. The van der Waals surface area contributed by atoms with E-state index in [1.54, 1.807) is 0 Å². The Hall–Kier alpha value is -1.54. The Labute approximate surface area is 183 Å². The van der Waals surface area contributed by atoms with Crippen molar-refractivity contribution in [1.82, 2.24) is 10.3 Å². The van der Waals surface area contributed by atoms with Gasteiger partial charge in [-0.1, -0.05) is 0 Å². The molecule has 0 bridgehead atoms. The van der Waals surface area contributed by atoms with Crippen molar-refractivity contribution >= 4 is 11.5 Å². The van der Waals surface area contributed by atoms with E-state index in [9.17, 15) is 13.2 Å². The zero-order valence-corrected chi connectivity index (χ0v) is 19.2. The fourth-order valence-corrected chi connectivity index (χ4v) is 5.86. The van der Waals surface area contributed by atoms with E-state index in [1.165, 1.54) is 0 Å². The molecule has 5 nitrogen and oxygen atoms in total. The molecule has 4 rings (SSSR count). The van der Waals surface area contributed by atoms with Crippen molar-refractivity contribution in [1.29, 1.82) is 0 Å². The van der Waals surface area contributed by atoms with Crippen LogP contribution in [0.2, 0.25) is 0 Å². The number of alkyl halides is 3. The molecule has 174 valence electrons. The summed E-state index contributed by atoms with van der Waals surface area (Å²) in [7, 11) is 0. The van der Waals surface area contributed by atoms with Crippen LogP contribution in [0.3, 0.4) is 0 Å². The Morgan fingerprint density at radius 2 is 1.61 bits per heavy atom. The minimum Gasteiger partial charge on any atom is -0.381 e. The van der Waals surface area contributed by atoms with Crippen molar-refractivity contribution < 1.29 is 17.9 Å². The van der Waals surface area contributed by atoms with Gasteiger partial charge in [-0.05, 0) is 77.8 Å². The van der Waals surface area contributed by atoms with Gasteiger partial charge in [-0.3, -0.25) is 0 Å². The maximum atomic E-state index is 12.3. The SMILES string of the molecule is Cc1nc(N2CC(C)(C)OC(C)(C)C2)ccc1NC1CC2(CC(NCC(F)(F)F)C2)C1. The smallest absolute Gasteiger partial charge is 0.381 e. The zero-order valence-electron chi connectivity index (χ0n) is 19.2. The van der Waals surface area contributed by atoms with E-state index in [0.717, 1.165) is 56.0 Å². The third kappa shape index (κ3) is 5.28. The van der Waals surface area contributed by atoms with Crippen LogP contribution < -0.4 is 15.5 Å². The third-order valence-corrected chi connectivity index (χ3v) is 6.76. The summed E-state index contributed by atoms with van der Waals surface area (Å²) in [5, 5.41) is 6.23. The van der Waals surface area contributed by atoms with Crippen LogP contribution in [0.15, 0.2) is 12.1 Å². The first-order valence-corrected chi connectivity index (χ1v) is 11.2. The van der Waals surface area contributed by atoms with Crippen molar-refractivity contribution in [3.05, 3.63) is 17.8 Å². The van der Waals surface area contributed by atoms with Crippen LogP contribution in [0.4, 0.5) is 24.7 Å². The highest BCUT2D eigenvalue weighted by Crippen LogP contribution is 2.56. The number of nitrogens with zero attached hydrogens (tertiary/aromatic N) is 2. The highest BCUT2D eigenvalue weighted by molar-refractivity contribution is 5.55. The predicted molar refractivity (Wildman–Crippen MR) is 117 cm³/mol. The minimum absolute atomic E-state index is 0.00675. The molecule has 8 heteroatoms. The number of anilines is 2. The molecule has 3 aliphatic rings. The molecule has 2 N–H and O–H groups in total. The Morgan fingerprint density at radius 3 is 2.16 bits per heavy atom. The molecule has 31 heavy (non-hydrogen) atoms. The molecule has 0 aromatic carbocycles. The Bertz CT molecular complexity index is 794. The van der Waals surface area contributed by atoms with Crippen LogP contribution in [0.5, 0.6) is 0 Å². The fraction of sp³-hybridized carbons (Fsp3) is 0.783. The van der Waals surface area contributed by atoms with Crippen molar-refractivity contribution in [2.45, 2.75) is 89.8 Å². The van der Waals surface area contributed by atoms with Crippen LogP contribution in [0.25, 0.3) is 0 Å². The maximum absolute atomic E-state index is 12.3. The van der Waals surface area contributed by atoms with E-state index < -0.39 is 12.7 Å². The normalized spacial score (nSPS) is 31.8. The molecule has 0 amide bonds. The average molecular weight is 441 g/mol. The van der Waals surface area contributed by atoms with Gasteiger partial charge in [0.1, 0.15) is 5.82 Å². The Kier molecular flexibility index (Phi) is 5.49. The summed E-state index contributed by atoms with van der Waals surface area (Å²) in [6.45, 7) is 11.2. The molecule has 1 aliphatic heterocycles. The first kappa shape index (κ1) is 22.6. The van der Waals surface area contributed by atoms with Crippen molar-refractivity contribution in [3.63, 3.8) is 0 Å². The second kappa shape index (κ2) is 7.51. The summed E-state index contributed by atoms with van der Waals surface area (Å²) in [6.07, 6.45) is -0.398. The van der Waals surface area contributed by atoms with Gasteiger partial charge in [0.2, 0.25) is 0 Å².